The molecule has 6 heteroatoms. The number of nitrogens with one attached hydrogen (secondary N) is 1. The largest absolute Gasteiger partial charge is 0.479 e. The summed E-state index contributed by atoms with van der Waals surface area (Å²) in [6.45, 7) is 1.75. The lowest BCUT2D eigenvalue weighted by atomic mass is 10.1. The molecule has 1 saturated heterocycles. The van der Waals surface area contributed by atoms with Crippen LogP contribution < -0.4 is 11.1 Å². The Balaban J connectivity index is 2.02. The molecule has 0 bridgehead atoms. The summed E-state index contributed by atoms with van der Waals surface area (Å²) < 4.78 is 0. The average molecular weight is 277 g/mol. The summed E-state index contributed by atoms with van der Waals surface area (Å²) in [7, 11) is 0. The van der Waals surface area contributed by atoms with Crippen molar-refractivity contribution >= 4 is 12.0 Å². The summed E-state index contributed by atoms with van der Waals surface area (Å²) in [5.74, 6) is -0.764. The predicted octanol–water partition coefficient (Wildman–Crippen LogP) is 0.803. The van der Waals surface area contributed by atoms with Crippen LogP contribution in [0.4, 0.5) is 4.79 Å². The molecule has 0 saturated carbocycles. The van der Waals surface area contributed by atoms with Crippen molar-refractivity contribution < 1.29 is 14.7 Å². The second kappa shape index (κ2) is 6.38. The van der Waals surface area contributed by atoms with Crippen LogP contribution in [-0.4, -0.2) is 41.6 Å². The number of aliphatic carboxylic acids is 1. The number of amides is 2. The minimum Gasteiger partial charge on any atom is -0.479 e. The van der Waals surface area contributed by atoms with Crippen LogP contribution >= 0.6 is 0 Å². The third kappa shape index (κ3) is 3.27. The number of likely N-dealkylation sites (tertiary alicyclic amines) is 1. The minimum atomic E-state index is -1.07. The van der Waals surface area contributed by atoms with E-state index in [9.17, 15) is 14.7 Å². The van der Waals surface area contributed by atoms with E-state index in [0.29, 0.717) is 31.1 Å². The SMILES string of the molecule is NCC1CCN(C(=O)N[C@@H](C(=O)O)c2ccccc2)C1. The van der Waals surface area contributed by atoms with Crippen LogP contribution in [0, 0.1) is 5.92 Å². The van der Waals surface area contributed by atoms with Crippen LogP contribution in [0.5, 0.6) is 0 Å². The van der Waals surface area contributed by atoms with E-state index in [1.807, 2.05) is 0 Å². The summed E-state index contributed by atoms with van der Waals surface area (Å²) in [6, 6.07) is 7.29. The first kappa shape index (κ1) is 14.3. The molecule has 1 fully saturated rings. The Morgan fingerprint density at radius 1 is 1.40 bits per heavy atom. The normalized spacial score (nSPS) is 19.6. The van der Waals surface area contributed by atoms with Crippen LogP contribution in [0.1, 0.15) is 18.0 Å². The van der Waals surface area contributed by atoms with Crippen molar-refractivity contribution in [2.45, 2.75) is 12.5 Å². The zero-order chi connectivity index (χ0) is 14.5. The second-order valence-corrected chi connectivity index (χ2v) is 4.97. The third-order valence-corrected chi connectivity index (χ3v) is 3.55. The Morgan fingerprint density at radius 3 is 2.65 bits per heavy atom. The maximum atomic E-state index is 12.1. The van der Waals surface area contributed by atoms with Crippen molar-refractivity contribution in [3.8, 4) is 0 Å². The number of carboxylic acids is 1. The summed E-state index contributed by atoms with van der Waals surface area (Å²) in [6.07, 6.45) is 0.868. The first-order valence-corrected chi connectivity index (χ1v) is 6.65. The molecule has 20 heavy (non-hydrogen) atoms. The van der Waals surface area contributed by atoms with E-state index in [1.54, 1.807) is 35.2 Å². The smallest absolute Gasteiger partial charge is 0.330 e. The first-order valence-electron chi connectivity index (χ1n) is 6.65. The van der Waals surface area contributed by atoms with Crippen LogP contribution in [0.15, 0.2) is 30.3 Å². The van der Waals surface area contributed by atoms with Crippen molar-refractivity contribution in [2.24, 2.45) is 11.7 Å². The number of hydrogen-bond donors (Lipinski definition) is 3. The molecule has 0 radical (unpaired) electrons. The van der Waals surface area contributed by atoms with Crippen LogP contribution in [0.3, 0.4) is 0 Å². The van der Waals surface area contributed by atoms with Gasteiger partial charge in [0, 0.05) is 13.1 Å². The van der Waals surface area contributed by atoms with Crippen LogP contribution in [-0.2, 0) is 4.79 Å². The molecule has 6 nitrogen and oxygen atoms in total. The minimum absolute atomic E-state index is 0.306. The van der Waals surface area contributed by atoms with Crippen molar-refractivity contribution in [3.05, 3.63) is 35.9 Å². The van der Waals surface area contributed by atoms with E-state index in [4.69, 9.17) is 5.73 Å². The lowest BCUT2D eigenvalue weighted by Gasteiger charge is -2.21. The van der Waals surface area contributed by atoms with Crippen molar-refractivity contribution in [3.63, 3.8) is 0 Å². The molecule has 1 aromatic rings. The van der Waals surface area contributed by atoms with E-state index < -0.39 is 12.0 Å². The molecule has 1 aromatic carbocycles. The Morgan fingerprint density at radius 2 is 2.10 bits per heavy atom. The van der Waals surface area contributed by atoms with E-state index in [1.165, 1.54) is 0 Å². The maximum Gasteiger partial charge on any atom is 0.330 e. The van der Waals surface area contributed by atoms with Gasteiger partial charge in [0.15, 0.2) is 6.04 Å². The van der Waals surface area contributed by atoms with Crippen LogP contribution in [0.2, 0.25) is 0 Å². The Labute approximate surface area is 117 Å². The van der Waals surface area contributed by atoms with E-state index in [2.05, 4.69) is 5.32 Å². The monoisotopic (exact) mass is 277 g/mol. The van der Waals surface area contributed by atoms with Gasteiger partial charge in [-0.25, -0.2) is 9.59 Å². The number of hydrogen-bond acceptors (Lipinski definition) is 3. The highest BCUT2D eigenvalue weighted by atomic mass is 16.4. The Kier molecular flexibility index (Phi) is 4.57. The lowest BCUT2D eigenvalue weighted by molar-refractivity contribution is -0.139. The molecule has 2 amide bonds. The summed E-state index contributed by atoms with van der Waals surface area (Å²) in [4.78, 5) is 25.0. The van der Waals surface area contributed by atoms with Crippen molar-refractivity contribution in [1.29, 1.82) is 0 Å². The highest BCUT2D eigenvalue weighted by Crippen LogP contribution is 2.17. The average Bonchev–Trinajstić information content (AvgIpc) is 2.94. The van der Waals surface area contributed by atoms with Gasteiger partial charge in [0.05, 0.1) is 0 Å². The standard InChI is InChI=1S/C14H19N3O3/c15-8-10-6-7-17(9-10)14(20)16-12(13(18)19)11-4-2-1-3-5-11/h1-5,10,12H,6-9,15H2,(H,16,20)(H,18,19)/t10?,12-/m1/s1. The molecule has 0 spiro atoms. The van der Waals surface area contributed by atoms with Gasteiger partial charge in [-0.1, -0.05) is 30.3 Å². The maximum absolute atomic E-state index is 12.1. The fourth-order valence-electron chi connectivity index (χ4n) is 2.36. The Hall–Kier alpha value is -2.08. The number of carbonyl (C=O) groups excluding carboxylic acids is 1. The van der Waals surface area contributed by atoms with Gasteiger partial charge >= 0.3 is 12.0 Å². The van der Waals surface area contributed by atoms with Crippen LogP contribution in [0.25, 0.3) is 0 Å². The van der Waals surface area contributed by atoms with E-state index >= 15 is 0 Å². The topological polar surface area (TPSA) is 95.7 Å². The number of nitrogens with zero attached hydrogens (tertiary/aromatic N) is 1. The van der Waals surface area contributed by atoms with Gasteiger partial charge in [-0.15, -0.1) is 0 Å². The van der Waals surface area contributed by atoms with Gasteiger partial charge in [-0.2, -0.15) is 0 Å². The molecule has 1 aliphatic heterocycles. The number of benzene rings is 1. The molecular weight excluding hydrogens is 258 g/mol. The lowest BCUT2D eigenvalue weighted by Crippen LogP contribution is -2.43. The molecule has 1 aliphatic rings. The molecule has 0 aromatic heterocycles. The van der Waals surface area contributed by atoms with Gasteiger partial charge in [-0.05, 0) is 24.4 Å². The molecule has 1 heterocycles. The quantitative estimate of drug-likeness (QED) is 0.758. The highest BCUT2D eigenvalue weighted by Gasteiger charge is 2.29. The number of urea groups is 1. The van der Waals surface area contributed by atoms with Gasteiger partial charge in [0.2, 0.25) is 0 Å². The first-order chi connectivity index (χ1) is 9.61. The zero-order valence-electron chi connectivity index (χ0n) is 11.2. The number of nitrogens with two attached hydrogens (primary N) is 1. The molecular formula is C14H19N3O3. The molecule has 2 atom stereocenters. The molecule has 108 valence electrons. The predicted molar refractivity (Wildman–Crippen MR) is 74.1 cm³/mol. The van der Waals surface area contributed by atoms with Gasteiger partial charge in [0.25, 0.3) is 0 Å². The summed E-state index contributed by atoms with van der Waals surface area (Å²) in [5.41, 5.74) is 6.14. The zero-order valence-corrected chi connectivity index (χ0v) is 11.2. The second-order valence-electron chi connectivity index (χ2n) is 4.97. The third-order valence-electron chi connectivity index (χ3n) is 3.55. The summed E-state index contributed by atoms with van der Waals surface area (Å²) in [5, 5.41) is 11.8. The molecule has 4 N–H and O–H groups in total. The molecule has 2 rings (SSSR count). The van der Waals surface area contributed by atoms with E-state index in [-0.39, 0.29) is 6.03 Å². The van der Waals surface area contributed by atoms with Gasteiger partial charge in [0.1, 0.15) is 0 Å². The number of rotatable bonds is 4. The molecule has 0 aliphatic carbocycles. The highest BCUT2D eigenvalue weighted by molar-refractivity contribution is 5.83. The van der Waals surface area contributed by atoms with Crippen molar-refractivity contribution in [1.82, 2.24) is 10.2 Å². The number of carbonyl (C=O) groups is 2. The molecule has 1 unspecified atom stereocenters. The Bertz CT molecular complexity index is 478. The fourth-order valence-corrected chi connectivity index (χ4v) is 2.36. The van der Waals surface area contributed by atoms with Crippen molar-refractivity contribution in [2.75, 3.05) is 19.6 Å². The fraction of sp³-hybridized carbons (Fsp3) is 0.429. The summed E-state index contributed by atoms with van der Waals surface area (Å²) >= 11 is 0. The van der Waals surface area contributed by atoms with Gasteiger partial charge in [-0.3, -0.25) is 0 Å². The van der Waals surface area contributed by atoms with Gasteiger partial charge < -0.3 is 21.1 Å². The van der Waals surface area contributed by atoms with E-state index in [0.717, 1.165) is 6.42 Å². The number of carboxylic acid groups (broad SMARTS) is 1.